The summed E-state index contributed by atoms with van der Waals surface area (Å²) in [6.45, 7) is 5.16. The summed E-state index contributed by atoms with van der Waals surface area (Å²) in [5, 5.41) is 2.69. The van der Waals surface area contributed by atoms with Crippen LogP contribution < -0.4 is 5.32 Å². The van der Waals surface area contributed by atoms with E-state index in [2.05, 4.69) is 23.1 Å². The second-order valence-electron chi connectivity index (χ2n) is 4.11. The third kappa shape index (κ3) is 4.35. The van der Waals surface area contributed by atoms with Crippen molar-refractivity contribution in [3.63, 3.8) is 0 Å². The van der Waals surface area contributed by atoms with Gasteiger partial charge < -0.3 is 5.32 Å². The van der Waals surface area contributed by atoms with Crippen LogP contribution in [0.1, 0.15) is 26.2 Å². The molecule has 15 heavy (non-hydrogen) atoms. The molecule has 84 valence electrons. The fourth-order valence-electron chi connectivity index (χ4n) is 1.96. The first-order valence-corrected chi connectivity index (χ1v) is 5.68. The molecule has 0 bridgehead atoms. The van der Waals surface area contributed by atoms with Crippen LogP contribution in [0, 0.1) is 18.3 Å². The number of rotatable bonds is 4. The predicted molar refractivity (Wildman–Crippen MR) is 61.3 cm³/mol. The smallest absolute Gasteiger partial charge is 0.234 e. The fraction of sp³-hybridized carbons (Fsp3) is 0.750. The van der Waals surface area contributed by atoms with Gasteiger partial charge in [0.1, 0.15) is 0 Å². The first-order valence-electron chi connectivity index (χ1n) is 5.68. The van der Waals surface area contributed by atoms with Crippen LogP contribution in [0.2, 0.25) is 0 Å². The zero-order valence-corrected chi connectivity index (χ0v) is 9.46. The second-order valence-corrected chi connectivity index (χ2v) is 4.11. The van der Waals surface area contributed by atoms with Gasteiger partial charge >= 0.3 is 0 Å². The van der Waals surface area contributed by atoms with E-state index >= 15 is 0 Å². The minimum absolute atomic E-state index is 0.0444. The van der Waals surface area contributed by atoms with Gasteiger partial charge in [0.15, 0.2) is 0 Å². The van der Waals surface area contributed by atoms with Gasteiger partial charge in [-0.15, -0.1) is 6.42 Å². The summed E-state index contributed by atoms with van der Waals surface area (Å²) in [7, 11) is 0. The lowest BCUT2D eigenvalue weighted by molar-refractivity contribution is -0.122. The molecule has 0 aromatic carbocycles. The van der Waals surface area contributed by atoms with Crippen LogP contribution >= 0.6 is 0 Å². The molecule has 1 saturated heterocycles. The lowest BCUT2D eigenvalue weighted by atomic mass is 9.94. The SMILES string of the molecule is C#CCNC(=O)CN1CCC(CC)CC1. The Hall–Kier alpha value is -1.01. The zero-order valence-electron chi connectivity index (χ0n) is 9.46. The van der Waals surface area contributed by atoms with Crippen LogP contribution in [0.25, 0.3) is 0 Å². The summed E-state index contributed by atoms with van der Waals surface area (Å²) in [6, 6.07) is 0. The standard InChI is InChI=1S/C12H20N2O/c1-3-7-13-12(15)10-14-8-5-11(4-2)6-9-14/h1,11H,4-10H2,2H3,(H,13,15). The van der Waals surface area contributed by atoms with E-state index in [1.54, 1.807) is 0 Å². The molecular weight excluding hydrogens is 188 g/mol. The number of terminal acetylenes is 1. The topological polar surface area (TPSA) is 32.3 Å². The molecule has 1 fully saturated rings. The van der Waals surface area contributed by atoms with E-state index in [9.17, 15) is 4.79 Å². The molecule has 1 aliphatic heterocycles. The Bertz CT molecular complexity index is 236. The Kier molecular flexibility index (Phi) is 5.20. The van der Waals surface area contributed by atoms with Gasteiger partial charge in [-0.05, 0) is 31.8 Å². The van der Waals surface area contributed by atoms with E-state index < -0.39 is 0 Å². The molecule has 0 unspecified atom stereocenters. The molecule has 1 amide bonds. The Labute approximate surface area is 92.2 Å². The molecule has 0 saturated carbocycles. The molecule has 1 N–H and O–H groups in total. The van der Waals surface area contributed by atoms with Crippen molar-refractivity contribution in [1.82, 2.24) is 10.2 Å². The number of hydrogen-bond donors (Lipinski definition) is 1. The van der Waals surface area contributed by atoms with Crippen molar-refractivity contribution >= 4 is 5.91 Å². The molecule has 0 aromatic heterocycles. The molecule has 3 nitrogen and oxygen atoms in total. The summed E-state index contributed by atoms with van der Waals surface area (Å²) in [6.07, 6.45) is 8.77. The van der Waals surface area contributed by atoms with Crippen molar-refractivity contribution in [3.8, 4) is 12.3 Å². The third-order valence-electron chi connectivity index (χ3n) is 3.04. The molecule has 0 radical (unpaired) electrons. The zero-order chi connectivity index (χ0) is 11.1. The van der Waals surface area contributed by atoms with E-state index in [-0.39, 0.29) is 5.91 Å². The van der Waals surface area contributed by atoms with Crippen LogP contribution in [0.5, 0.6) is 0 Å². The van der Waals surface area contributed by atoms with Crippen LogP contribution in [0.4, 0.5) is 0 Å². The minimum Gasteiger partial charge on any atom is -0.344 e. The first-order chi connectivity index (χ1) is 7.26. The summed E-state index contributed by atoms with van der Waals surface area (Å²) in [5.74, 6) is 3.30. The van der Waals surface area contributed by atoms with Gasteiger partial charge in [0.05, 0.1) is 13.1 Å². The van der Waals surface area contributed by atoms with Gasteiger partial charge in [0.2, 0.25) is 5.91 Å². The van der Waals surface area contributed by atoms with E-state index in [1.165, 1.54) is 19.3 Å². The molecule has 1 aliphatic rings. The quantitative estimate of drug-likeness (QED) is 0.695. The molecule has 0 spiro atoms. The third-order valence-corrected chi connectivity index (χ3v) is 3.04. The van der Waals surface area contributed by atoms with Crippen LogP contribution in [0.15, 0.2) is 0 Å². The highest BCUT2D eigenvalue weighted by molar-refractivity contribution is 5.78. The number of amides is 1. The maximum Gasteiger partial charge on any atom is 0.234 e. The minimum atomic E-state index is 0.0444. The fourth-order valence-corrected chi connectivity index (χ4v) is 1.96. The van der Waals surface area contributed by atoms with Crippen LogP contribution in [-0.2, 0) is 4.79 Å². The van der Waals surface area contributed by atoms with Crippen LogP contribution in [-0.4, -0.2) is 37.0 Å². The van der Waals surface area contributed by atoms with Gasteiger partial charge in [0, 0.05) is 0 Å². The van der Waals surface area contributed by atoms with Crippen molar-refractivity contribution in [2.45, 2.75) is 26.2 Å². The highest BCUT2D eigenvalue weighted by Crippen LogP contribution is 2.19. The Balaban J connectivity index is 2.18. The van der Waals surface area contributed by atoms with Crippen molar-refractivity contribution in [2.24, 2.45) is 5.92 Å². The monoisotopic (exact) mass is 208 g/mol. The lowest BCUT2D eigenvalue weighted by Crippen LogP contribution is -2.41. The summed E-state index contributed by atoms with van der Waals surface area (Å²) >= 11 is 0. The normalized spacial score (nSPS) is 18.4. The van der Waals surface area contributed by atoms with E-state index in [0.717, 1.165) is 19.0 Å². The lowest BCUT2D eigenvalue weighted by Gasteiger charge is -2.30. The first kappa shape index (κ1) is 12.1. The predicted octanol–water partition coefficient (Wildman–Crippen LogP) is 0.858. The average Bonchev–Trinajstić information content (AvgIpc) is 2.27. The van der Waals surface area contributed by atoms with Crippen molar-refractivity contribution in [1.29, 1.82) is 0 Å². The van der Waals surface area contributed by atoms with Crippen molar-refractivity contribution < 1.29 is 4.79 Å². The maximum absolute atomic E-state index is 11.4. The van der Waals surface area contributed by atoms with Crippen molar-refractivity contribution in [2.75, 3.05) is 26.2 Å². The highest BCUT2D eigenvalue weighted by Gasteiger charge is 2.19. The molecule has 0 atom stereocenters. The number of carbonyl (C=O) groups is 1. The summed E-state index contributed by atoms with van der Waals surface area (Å²) in [4.78, 5) is 13.6. The molecular formula is C12H20N2O. The Morgan fingerprint density at radius 1 is 1.53 bits per heavy atom. The average molecular weight is 208 g/mol. The molecule has 0 aromatic rings. The molecule has 1 heterocycles. The molecule has 1 rings (SSSR count). The van der Waals surface area contributed by atoms with Crippen LogP contribution in [0.3, 0.4) is 0 Å². The van der Waals surface area contributed by atoms with Crippen molar-refractivity contribution in [3.05, 3.63) is 0 Å². The Morgan fingerprint density at radius 2 is 2.20 bits per heavy atom. The maximum atomic E-state index is 11.4. The molecule has 0 aliphatic carbocycles. The second kappa shape index (κ2) is 6.47. The highest BCUT2D eigenvalue weighted by atomic mass is 16.2. The number of nitrogens with one attached hydrogen (secondary N) is 1. The van der Waals surface area contributed by atoms with E-state index in [1.807, 2.05) is 0 Å². The number of carbonyl (C=O) groups excluding carboxylic acids is 1. The van der Waals surface area contributed by atoms with E-state index in [4.69, 9.17) is 6.42 Å². The largest absolute Gasteiger partial charge is 0.344 e. The Morgan fingerprint density at radius 3 is 2.73 bits per heavy atom. The van der Waals surface area contributed by atoms with Gasteiger partial charge in [0.25, 0.3) is 0 Å². The van der Waals surface area contributed by atoms with E-state index in [0.29, 0.717) is 13.1 Å². The van der Waals surface area contributed by atoms with Gasteiger partial charge in [-0.3, -0.25) is 9.69 Å². The summed E-state index contributed by atoms with van der Waals surface area (Å²) < 4.78 is 0. The summed E-state index contributed by atoms with van der Waals surface area (Å²) in [5.41, 5.74) is 0. The van der Waals surface area contributed by atoms with Gasteiger partial charge in [-0.25, -0.2) is 0 Å². The molecule has 3 heteroatoms. The number of likely N-dealkylation sites (tertiary alicyclic amines) is 1. The number of piperidine rings is 1. The number of hydrogen-bond acceptors (Lipinski definition) is 2. The number of nitrogens with zero attached hydrogens (tertiary/aromatic N) is 1. The van der Waals surface area contributed by atoms with Gasteiger partial charge in [-0.2, -0.15) is 0 Å². The van der Waals surface area contributed by atoms with Gasteiger partial charge in [-0.1, -0.05) is 19.3 Å².